The number of ether oxygens (including phenoxy) is 1. The van der Waals surface area contributed by atoms with E-state index in [1.54, 1.807) is 9.80 Å². The average molecular weight is 669 g/mol. The zero-order valence-corrected chi connectivity index (χ0v) is 29.7. The molecule has 1 unspecified atom stereocenters. The lowest BCUT2D eigenvalue weighted by atomic mass is 9.74. The third kappa shape index (κ3) is 8.80. The first-order chi connectivity index (χ1) is 23.3. The van der Waals surface area contributed by atoms with Gasteiger partial charge in [-0.3, -0.25) is 14.4 Å². The zero-order valence-electron chi connectivity index (χ0n) is 29.7. The molecule has 2 heterocycles. The van der Waals surface area contributed by atoms with E-state index in [-0.39, 0.29) is 30.4 Å². The average Bonchev–Trinajstić information content (AvgIpc) is 3.07. The lowest BCUT2D eigenvalue weighted by Crippen LogP contribution is -2.59. The second-order valence-corrected chi connectivity index (χ2v) is 15.1. The van der Waals surface area contributed by atoms with Gasteiger partial charge in [0.15, 0.2) is 0 Å². The maximum Gasteiger partial charge on any atom is 0.410 e. The smallest absolute Gasteiger partial charge is 0.410 e. The summed E-state index contributed by atoms with van der Waals surface area (Å²) in [5, 5.41) is 8.38. The number of nitrogens with zero attached hydrogens (tertiary/aromatic N) is 2. The second kappa shape index (κ2) is 15.0. The Morgan fingerprint density at radius 2 is 1.49 bits per heavy atom. The Morgan fingerprint density at radius 3 is 2.16 bits per heavy atom. The summed E-state index contributed by atoms with van der Waals surface area (Å²) >= 11 is 0. The molecular formula is C40H52N4O5. The van der Waals surface area contributed by atoms with Crippen molar-refractivity contribution < 1.29 is 23.9 Å². The minimum atomic E-state index is -0.823. The number of hydrogen-bond donors (Lipinski definition) is 2. The van der Waals surface area contributed by atoms with Gasteiger partial charge < -0.3 is 25.2 Å². The molecule has 2 fully saturated rings. The molecule has 3 aromatic carbocycles. The SMILES string of the molecule is CCNC(=O)[C@]1(Cc2ccccc2)CCCN(C(=O)C(Cc2ccc3ccccc3c2)NC(=O)C2(C)CCN(C(=O)OC(C)(C)C)CC2)C1. The number of likely N-dealkylation sites (tertiary alicyclic amines) is 2. The number of carbonyl (C=O) groups is 4. The first-order valence-corrected chi connectivity index (χ1v) is 17.7. The van der Waals surface area contributed by atoms with Crippen LogP contribution >= 0.6 is 0 Å². The predicted molar refractivity (Wildman–Crippen MR) is 192 cm³/mol. The summed E-state index contributed by atoms with van der Waals surface area (Å²) in [5.41, 5.74) is -0.146. The number of hydrogen-bond acceptors (Lipinski definition) is 5. The second-order valence-electron chi connectivity index (χ2n) is 15.1. The minimum Gasteiger partial charge on any atom is -0.444 e. The van der Waals surface area contributed by atoms with Crippen LogP contribution in [0, 0.1) is 10.8 Å². The van der Waals surface area contributed by atoms with Crippen LogP contribution < -0.4 is 10.6 Å². The molecule has 9 heteroatoms. The Balaban J connectivity index is 1.38. The summed E-state index contributed by atoms with van der Waals surface area (Å²) in [5.74, 6) is -0.430. The van der Waals surface area contributed by atoms with Crippen molar-refractivity contribution in [3.8, 4) is 0 Å². The van der Waals surface area contributed by atoms with E-state index in [4.69, 9.17) is 4.74 Å². The van der Waals surface area contributed by atoms with Gasteiger partial charge in [-0.05, 0) is 81.7 Å². The molecule has 2 aliphatic rings. The Kier molecular flexibility index (Phi) is 11.0. The van der Waals surface area contributed by atoms with E-state index in [1.165, 1.54) is 0 Å². The van der Waals surface area contributed by atoms with Gasteiger partial charge in [0.25, 0.3) is 0 Å². The Morgan fingerprint density at radius 1 is 0.816 bits per heavy atom. The summed E-state index contributed by atoms with van der Waals surface area (Å²) in [4.78, 5) is 58.6. The van der Waals surface area contributed by atoms with Crippen LogP contribution in [0.25, 0.3) is 10.8 Å². The van der Waals surface area contributed by atoms with Crippen molar-refractivity contribution in [2.24, 2.45) is 10.8 Å². The summed E-state index contributed by atoms with van der Waals surface area (Å²) in [7, 11) is 0. The summed E-state index contributed by atoms with van der Waals surface area (Å²) in [6, 6.07) is 23.4. The normalized spacial score (nSPS) is 19.9. The monoisotopic (exact) mass is 668 g/mol. The van der Waals surface area contributed by atoms with E-state index < -0.39 is 22.5 Å². The van der Waals surface area contributed by atoms with Crippen molar-refractivity contribution in [1.82, 2.24) is 20.4 Å². The fraction of sp³-hybridized carbons (Fsp3) is 0.500. The number of nitrogens with one attached hydrogen (secondary N) is 2. The number of piperidine rings is 2. The fourth-order valence-electron chi connectivity index (χ4n) is 7.16. The van der Waals surface area contributed by atoms with Crippen molar-refractivity contribution >= 4 is 34.6 Å². The number of fused-ring (bicyclic) bond motifs is 1. The molecule has 2 aliphatic heterocycles. The highest BCUT2D eigenvalue weighted by atomic mass is 16.6. The van der Waals surface area contributed by atoms with Crippen molar-refractivity contribution in [2.75, 3.05) is 32.7 Å². The van der Waals surface area contributed by atoms with Crippen LogP contribution in [0.5, 0.6) is 0 Å². The summed E-state index contributed by atoms with van der Waals surface area (Å²) in [6.45, 7) is 11.4. The van der Waals surface area contributed by atoms with Crippen LogP contribution in [0.15, 0.2) is 72.8 Å². The third-order valence-corrected chi connectivity index (χ3v) is 10.0. The van der Waals surface area contributed by atoms with Crippen LogP contribution in [-0.4, -0.2) is 78.0 Å². The van der Waals surface area contributed by atoms with Gasteiger partial charge in [-0.1, -0.05) is 79.7 Å². The van der Waals surface area contributed by atoms with E-state index in [2.05, 4.69) is 22.8 Å². The molecule has 3 aromatic rings. The van der Waals surface area contributed by atoms with Crippen molar-refractivity contribution in [3.63, 3.8) is 0 Å². The minimum absolute atomic E-state index is 0.0456. The quantitative estimate of drug-likeness (QED) is 0.296. The van der Waals surface area contributed by atoms with E-state index in [0.29, 0.717) is 64.7 Å². The molecule has 2 saturated heterocycles. The van der Waals surface area contributed by atoms with Gasteiger partial charge in [-0.15, -0.1) is 0 Å². The highest BCUT2D eigenvalue weighted by Crippen LogP contribution is 2.36. The molecule has 0 spiro atoms. The topological polar surface area (TPSA) is 108 Å². The van der Waals surface area contributed by atoms with Gasteiger partial charge in [0.2, 0.25) is 17.7 Å². The standard InChI is InChI=1S/C40H52N4O5/c1-6-41-36(47)40(27-29-13-8-7-9-14-29)19-12-22-44(28-40)34(45)33(26-30-17-18-31-15-10-11-16-32(31)25-30)42-35(46)39(5)20-23-43(24-21-39)37(48)49-38(2,3)4/h7-11,13-18,25,33H,6,12,19-24,26-28H2,1-5H3,(H,41,47)(H,42,46)/t33?,40-/m0/s1. The summed E-state index contributed by atoms with van der Waals surface area (Å²) < 4.78 is 5.56. The van der Waals surface area contributed by atoms with Gasteiger partial charge in [-0.25, -0.2) is 4.79 Å². The molecule has 0 aliphatic carbocycles. The summed E-state index contributed by atoms with van der Waals surface area (Å²) in [6.07, 6.45) is 2.73. The lowest BCUT2D eigenvalue weighted by molar-refractivity contribution is -0.146. The molecule has 2 N–H and O–H groups in total. The Labute approximate surface area is 290 Å². The van der Waals surface area contributed by atoms with Crippen LogP contribution in [0.2, 0.25) is 0 Å². The fourth-order valence-corrected chi connectivity index (χ4v) is 7.16. The predicted octanol–water partition coefficient (Wildman–Crippen LogP) is 5.89. The molecule has 5 rings (SSSR count). The van der Waals surface area contributed by atoms with Gasteiger partial charge >= 0.3 is 6.09 Å². The Hall–Kier alpha value is -4.40. The van der Waals surface area contributed by atoms with Crippen LogP contribution in [0.4, 0.5) is 4.79 Å². The highest BCUT2D eigenvalue weighted by Gasteiger charge is 2.45. The molecule has 9 nitrogen and oxygen atoms in total. The van der Waals surface area contributed by atoms with Gasteiger partial charge in [-0.2, -0.15) is 0 Å². The van der Waals surface area contributed by atoms with E-state index in [0.717, 1.165) is 21.9 Å². The largest absolute Gasteiger partial charge is 0.444 e. The molecule has 262 valence electrons. The van der Waals surface area contributed by atoms with Gasteiger partial charge in [0, 0.05) is 44.6 Å². The highest BCUT2D eigenvalue weighted by molar-refractivity contribution is 5.92. The van der Waals surface area contributed by atoms with Crippen LogP contribution in [0.1, 0.15) is 71.4 Å². The molecule has 49 heavy (non-hydrogen) atoms. The number of rotatable bonds is 9. The number of benzene rings is 3. The van der Waals surface area contributed by atoms with E-state index in [9.17, 15) is 19.2 Å². The Bertz CT molecular complexity index is 1640. The molecule has 2 atom stereocenters. The molecular weight excluding hydrogens is 616 g/mol. The van der Waals surface area contributed by atoms with Crippen molar-refractivity contribution in [3.05, 3.63) is 83.9 Å². The van der Waals surface area contributed by atoms with Crippen LogP contribution in [0.3, 0.4) is 0 Å². The van der Waals surface area contributed by atoms with Crippen molar-refractivity contribution in [1.29, 1.82) is 0 Å². The zero-order chi connectivity index (χ0) is 35.2. The molecule has 0 aromatic heterocycles. The maximum absolute atomic E-state index is 14.6. The number of amides is 4. The molecule has 4 amide bonds. The number of carbonyl (C=O) groups excluding carboxylic acids is 4. The first-order valence-electron chi connectivity index (χ1n) is 17.7. The molecule has 0 saturated carbocycles. The molecule has 0 bridgehead atoms. The van der Waals surface area contributed by atoms with Gasteiger partial charge in [0.1, 0.15) is 11.6 Å². The first kappa shape index (κ1) is 35.9. The van der Waals surface area contributed by atoms with Gasteiger partial charge in [0.05, 0.1) is 5.41 Å². The molecule has 0 radical (unpaired) electrons. The van der Waals surface area contributed by atoms with E-state index in [1.807, 2.05) is 95.3 Å². The van der Waals surface area contributed by atoms with Crippen molar-refractivity contribution in [2.45, 2.75) is 84.8 Å². The third-order valence-electron chi connectivity index (χ3n) is 10.0. The maximum atomic E-state index is 14.6. The van der Waals surface area contributed by atoms with Crippen LogP contribution in [-0.2, 0) is 32.0 Å². The van der Waals surface area contributed by atoms with E-state index >= 15 is 0 Å². The lowest BCUT2D eigenvalue weighted by Gasteiger charge is -2.43.